The maximum absolute atomic E-state index is 12.9. The summed E-state index contributed by atoms with van der Waals surface area (Å²) in [5.41, 5.74) is 0.946. The summed E-state index contributed by atoms with van der Waals surface area (Å²) in [7, 11) is 0. The molecule has 4 aromatic rings. The van der Waals surface area contributed by atoms with Gasteiger partial charge in [0.25, 0.3) is 47.3 Å². The average Bonchev–Trinajstić information content (AvgIpc) is 1.33. The molecule has 8 amide bonds. The molecule has 0 unspecified atom stereocenters. The SMILES string of the molecule is O=C(O)[C@H](N1C(=O)c2ccccc2C1=O)C12CC3CC(CC(C3)C1)C2.O=C(O)[C@H](N1C(=O)c2ccccc2C1=O)C12CC3CC(CC(C3)C1)C2.O=C(O)[C@H](N1C(=O)c2ccccc2C1=O)C12CC3CC(CC(C3)C1)C2.O=C(O)[C@H](N1C(=O)c2ccccc2C1=O)C12CC3CC(CC(C3)C1)C2.[Rh].[Rh]. The van der Waals surface area contributed by atoms with Gasteiger partial charge < -0.3 is 20.4 Å². The third kappa shape index (κ3) is 11.1. The van der Waals surface area contributed by atoms with Crippen molar-refractivity contribution in [1.29, 1.82) is 0 Å². The summed E-state index contributed by atoms with van der Waals surface area (Å²) in [4.78, 5) is 157. The van der Waals surface area contributed by atoms with Crippen molar-refractivity contribution in [2.24, 2.45) is 92.7 Å². The van der Waals surface area contributed by atoms with Gasteiger partial charge in [0.1, 0.15) is 24.2 Å². The van der Waals surface area contributed by atoms with Gasteiger partial charge in [0, 0.05) is 60.6 Å². The van der Waals surface area contributed by atoms with E-state index in [1.165, 1.54) is 77.0 Å². The van der Waals surface area contributed by atoms with Gasteiger partial charge in [-0.3, -0.25) is 58.0 Å². The Morgan fingerprint density at radius 2 is 0.353 bits per heavy atom. The van der Waals surface area contributed by atoms with E-state index >= 15 is 0 Å². The minimum absolute atomic E-state index is 0. The zero-order valence-corrected chi connectivity index (χ0v) is 59.9. The summed E-state index contributed by atoms with van der Waals surface area (Å²) in [6.45, 7) is 0. The molecule has 20 nitrogen and oxygen atoms in total. The largest absolute Gasteiger partial charge is 0.480 e. The van der Waals surface area contributed by atoms with Gasteiger partial charge in [-0.05, 0) is 274 Å². The van der Waals surface area contributed by atoms with Crippen LogP contribution in [0.4, 0.5) is 0 Å². The number of fused-ring (bicyclic) bond motifs is 4. The van der Waals surface area contributed by atoms with Crippen molar-refractivity contribution in [3.8, 4) is 0 Å². The Kier molecular flexibility index (Phi) is 17.7. The number of hydrogen-bond donors (Lipinski definition) is 4. The first kappa shape index (κ1) is 70.2. The van der Waals surface area contributed by atoms with Crippen molar-refractivity contribution in [3.05, 3.63) is 142 Å². The normalized spacial score (nSPS) is 35.9. The van der Waals surface area contributed by atoms with E-state index < -0.39 is 117 Å². The zero-order valence-electron chi connectivity index (χ0n) is 56.6. The average molecular weight is 1560 g/mol. The third-order valence-corrected chi connectivity index (χ3v) is 27.9. The summed E-state index contributed by atoms with van der Waals surface area (Å²) in [6, 6.07) is 22.5. The van der Waals surface area contributed by atoms with Gasteiger partial charge in [-0.25, -0.2) is 19.2 Å². The van der Waals surface area contributed by atoms with Crippen molar-refractivity contribution >= 4 is 71.1 Å². The van der Waals surface area contributed by atoms with Crippen molar-refractivity contribution in [3.63, 3.8) is 0 Å². The van der Waals surface area contributed by atoms with Crippen molar-refractivity contribution < 1.29 is 117 Å². The molecule has 20 aliphatic rings. The number of aliphatic carboxylic acids is 4. The van der Waals surface area contributed by atoms with E-state index in [9.17, 15) is 78.0 Å². The number of benzene rings is 4. The quantitative estimate of drug-likeness (QED) is 0.0757. The molecule has 4 N–H and O–H groups in total. The van der Waals surface area contributed by atoms with Crippen molar-refractivity contribution in [2.45, 2.75) is 178 Å². The summed E-state index contributed by atoms with van der Waals surface area (Å²) in [6.07, 6.45) is 24.3. The molecule has 4 heterocycles. The topological polar surface area (TPSA) is 299 Å². The monoisotopic (exact) mass is 1560 g/mol. The van der Waals surface area contributed by atoms with Gasteiger partial charge in [0.15, 0.2) is 0 Å². The number of carbonyl (C=O) groups is 12. The van der Waals surface area contributed by atoms with Crippen LogP contribution in [0.25, 0.3) is 0 Å². The number of imide groups is 4. The molecular weight excluding hydrogens is 1480 g/mol. The van der Waals surface area contributed by atoms with Crippen LogP contribution in [-0.2, 0) is 58.1 Å². The van der Waals surface area contributed by atoms with E-state index in [0.29, 0.717) is 116 Å². The molecular formula is C80H84N4O16Rh2. The molecule has 2 radical (unpaired) electrons. The van der Waals surface area contributed by atoms with E-state index in [4.69, 9.17) is 0 Å². The summed E-state index contributed by atoms with van der Waals surface area (Å²) >= 11 is 0. The second kappa shape index (κ2) is 25.7. The van der Waals surface area contributed by atoms with E-state index in [0.717, 1.165) is 96.6 Å². The van der Waals surface area contributed by atoms with Crippen LogP contribution in [0, 0.1) is 92.7 Å². The maximum atomic E-state index is 12.9. The molecule has 538 valence electrons. The minimum atomic E-state index is -1.03. The molecule has 16 saturated carbocycles. The van der Waals surface area contributed by atoms with Crippen LogP contribution in [0.15, 0.2) is 97.1 Å². The third-order valence-electron chi connectivity index (χ3n) is 27.9. The predicted molar refractivity (Wildman–Crippen MR) is 356 cm³/mol. The van der Waals surface area contributed by atoms with Crippen LogP contribution in [0.1, 0.15) is 237 Å². The number of carboxylic acids is 4. The van der Waals surface area contributed by atoms with E-state index in [1.807, 2.05) is 0 Å². The number of nitrogens with zero attached hydrogens (tertiary/aromatic N) is 4. The first-order valence-corrected chi connectivity index (χ1v) is 36.7. The second-order valence-electron chi connectivity index (χ2n) is 34.2. The van der Waals surface area contributed by atoms with Gasteiger partial charge in [-0.15, -0.1) is 0 Å². The maximum Gasteiger partial charge on any atom is 0.327 e. The fourth-order valence-electron chi connectivity index (χ4n) is 26.4. The molecule has 102 heavy (non-hydrogen) atoms. The number of rotatable bonds is 12. The molecule has 0 saturated heterocycles. The second-order valence-corrected chi connectivity index (χ2v) is 34.2. The van der Waals surface area contributed by atoms with Crippen LogP contribution in [0.2, 0.25) is 0 Å². The smallest absolute Gasteiger partial charge is 0.327 e. The molecule has 16 aliphatic carbocycles. The zero-order chi connectivity index (χ0) is 69.4. The van der Waals surface area contributed by atoms with Crippen LogP contribution in [0.5, 0.6) is 0 Å². The Balaban J connectivity index is 0.000000109. The molecule has 4 atom stereocenters. The first-order chi connectivity index (χ1) is 47.9. The molecule has 16 bridgehead atoms. The fraction of sp³-hybridized carbons (Fsp3) is 0.550. The summed E-state index contributed by atoms with van der Waals surface area (Å²) in [5.74, 6) is -0.949. The minimum Gasteiger partial charge on any atom is -0.480 e. The Labute approximate surface area is 616 Å². The Morgan fingerprint density at radius 3 is 0.451 bits per heavy atom. The Hall–Kier alpha value is -7.43. The molecule has 16 fully saturated rings. The number of carboxylic acid groups (broad SMARTS) is 4. The number of amides is 8. The first-order valence-electron chi connectivity index (χ1n) is 36.7. The van der Waals surface area contributed by atoms with Crippen molar-refractivity contribution in [1.82, 2.24) is 19.6 Å². The Bertz CT molecular complexity index is 3460. The molecule has 4 aromatic carbocycles. The molecule has 0 aromatic heterocycles. The van der Waals surface area contributed by atoms with Crippen LogP contribution >= 0.6 is 0 Å². The van der Waals surface area contributed by atoms with E-state index in [1.54, 1.807) is 97.1 Å². The van der Waals surface area contributed by atoms with Gasteiger partial charge in [0.05, 0.1) is 44.5 Å². The van der Waals surface area contributed by atoms with Crippen LogP contribution in [-0.4, -0.2) is 135 Å². The number of carbonyl (C=O) groups excluding carboxylic acids is 8. The van der Waals surface area contributed by atoms with Gasteiger partial charge in [-0.1, -0.05) is 48.5 Å². The van der Waals surface area contributed by atoms with Gasteiger partial charge in [-0.2, -0.15) is 0 Å². The van der Waals surface area contributed by atoms with Gasteiger partial charge in [0.2, 0.25) is 0 Å². The van der Waals surface area contributed by atoms with E-state index in [2.05, 4.69) is 0 Å². The molecule has 0 spiro atoms. The fourth-order valence-corrected chi connectivity index (χ4v) is 26.4. The Morgan fingerprint density at radius 1 is 0.245 bits per heavy atom. The van der Waals surface area contributed by atoms with Crippen molar-refractivity contribution in [2.75, 3.05) is 0 Å². The molecule has 24 rings (SSSR count). The molecule has 4 aliphatic heterocycles. The number of hydrogen-bond acceptors (Lipinski definition) is 12. The summed E-state index contributed by atoms with van der Waals surface area (Å²) in [5, 5.41) is 40.2. The predicted octanol–water partition coefficient (Wildman–Crippen LogP) is 11.8. The standard InChI is InChI=1S/4C20H21NO4.2Rh/c4*22-17-14-3-1-2-4-15(14)18(23)21(17)16(19(24)25)20-8-11-5-12(9-20)7-13(6-11)10-20;;/h4*1-4,11-13,16H,5-10H2,(H,24,25);;/t4*11?,12?,13?,16-,20?;;/m0000../s1. The van der Waals surface area contributed by atoms with Crippen LogP contribution in [0.3, 0.4) is 0 Å². The summed E-state index contributed by atoms with van der Waals surface area (Å²) < 4.78 is 0. The molecule has 22 heteroatoms. The van der Waals surface area contributed by atoms with E-state index in [-0.39, 0.29) is 39.0 Å². The van der Waals surface area contributed by atoms with Gasteiger partial charge >= 0.3 is 23.9 Å². The van der Waals surface area contributed by atoms with Crippen LogP contribution < -0.4 is 0 Å².